The third-order valence-electron chi connectivity index (χ3n) is 8.61. The summed E-state index contributed by atoms with van der Waals surface area (Å²) in [4.78, 5) is 38.8. The van der Waals surface area contributed by atoms with E-state index >= 15 is 0 Å². The number of hydrazine groups is 1. The number of thioether (sulfide) groups is 1. The first-order valence-electron chi connectivity index (χ1n) is 16.9. The minimum Gasteiger partial charge on any atom is -0.466 e. The van der Waals surface area contributed by atoms with Crippen molar-refractivity contribution >= 4 is 66.4 Å². The second-order valence-corrected chi connectivity index (χ2v) is 22.6. The fourth-order valence-corrected chi connectivity index (χ4v) is 9.67. The number of amides is 3. The topological polar surface area (TPSA) is 135 Å². The molecule has 0 bridgehead atoms. The van der Waals surface area contributed by atoms with Crippen LogP contribution in [0.15, 0.2) is 4.99 Å². The van der Waals surface area contributed by atoms with Crippen molar-refractivity contribution in [1.82, 2.24) is 16.3 Å². The van der Waals surface area contributed by atoms with Crippen LogP contribution in [0, 0.1) is 5.92 Å². The Bertz CT molecular complexity index is 915. The van der Waals surface area contributed by atoms with Gasteiger partial charge >= 0.3 is 12.0 Å². The lowest BCUT2D eigenvalue weighted by Crippen LogP contribution is -2.56. The first-order chi connectivity index (χ1) is 21.6. The molecule has 5 unspecified atom stereocenters. The highest BCUT2D eigenvalue weighted by molar-refractivity contribution is 9.21. The third-order valence-corrected chi connectivity index (χ3v) is 17.0. The molecule has 45 heavy (non-hydrogen) atoms. The summed E-state index contributed by atoms with van der Waals surface area (Å²) in [6.07, 6.45) is 20.5. The van der Waals surface area contributed by atoms with Crippen molar-refractivity contribution in [1.29, 1.82) is 0 Å². The number of hydrogen-bond donors (Lipinski definition) is 5. The summed E-state index contributed by atoms with van der Waals surface area (Å²) >= 11 is 6.88. The van der Waals surface area contributed by atoms with Gasteiger partial charge in [-0.3, -0.25) is 9.59 Å². The van der Waals surface area contributed by atoms with Crippen LogP contribution >= 0.6 is 42.3 Å². The molecule has 0 spiro atoms. The monoisotopic (exact) mass is 709 g/mol. The maximum Gasteiger partial charge on any atom is 0.337 e. The fourth-order valence-electron chi connectivity index (χ4n) is 5.77. The highest BCUT2D eigenvalue weighted by Gasteiger charge is 2.43. The lowest BCUT2D eigenvalue weighted by molar-refractivity contribution is -0.960. The highest BCUT2D eigenvalue weighted by Crippen LogP contribution is 2.63. The van der Waals surface area contributed by atoms with Crippen molar-refractivity contribution in [3.05, 3.63) is 0 Å². The van der Waals surface area contributed by atoms with Gasteiger partial charge in [0.05, 0.1) is 19.7 Å². The Labute approximate surface area is 286 Å². The minimum absolute atomic E-state index is 0.101. The van der Waals surface area contributed by atoms with E-state index in [1.165, 1.54) is 19.3 Å². The Morgan fingerprint density at radius 3 is 2.56 bits per heavy atom. The molecule has 2 saturated heterocycles. The molecule has 0 radical (unpaired) electrons. The van der Waals surface area contributed by atoms with E-state index in [0.29, 0.717) is 42.5 Å². The lowest BCUT2D eigenvalue weighted by atomic mass is 10.0. The van der Waals surface area contributed by atoms with Crippen LogP contribution in [0.25, 0.3) is 0 Å². The molecule has 3 amide bonds. The van der Waals surface area contributed by atoms with Crippen molar-refractivity contribution in [2.24, 2.45) is 16.6 Å². The van der Waals surface area contributed by atoms with E-state index in [9.17, 15) is 14.4 Å². The first kappa shape index (κ1) is 40.5. The molecule has 2 fully saturated rings. The maximum absolute atomic E-state index is 12.2. The molecule has 14 heteroatoms. The lowest BCUT2D eigenvalue weighted by Gasteiger charge is -2.35. The molecule has 0 aromatic rings. The van der Waals surface area contributed by atoms with Crippen LogP contribution in [0.5, 0.6) is 0 Å². The van der Waals surface area contributed by atoms with E-state index in [1.54, 1.807) is 6.21 Å². The zero-order chi connectivity index (χ0) is 33.0. The molecule has 5 atom stereocenters. The van der Waals surface area contributed by atoms with Gasteiger partial charge in [-0.05, 0) is 83.1 Å². The van der Waals surface area contributed by atoms with Crippen LogP contribution in [-0.4, -0.2) is 90.4 Å². The van der Waals surface area contributed by atoms with Crippen LogP contribution in [0.2, 0.25) is 0 Å². The number of nitrogens with two attached hydrogens (primary N) is 1. The quantitative estimate of drug-likeness (QED) is 0.0202. The molecule has 10 nitrogen and oxygen atoms in total. The Hall–Kier alpha value is -0.640. The smallest absolute Gasteiger partial charge is 0.337 e. The van der Waals surface area contributed by atoms with Gasteiger partial charge in [-0.2, -0.15) is 17.2 Å². The van der Waals surface area contributed by atoms with E-state index in [1.807, 2.05) is 22.6 Å². The number of carbonyl (C=O) groups excluding carboxylic acids is 3. The second kappa shape index (κ2) is 22.8. The van der Waals surface area contributed by atoms with Crippen molar-refractivity contribution in [2.75, 3.05) is 51.1 Å². The molecular formula is C31H61N6O4S4+. The van der Waals surface area contributed by atoms with Gasteiger partial charge in [0.15, 0.2) is 0 Å². The van der Waals surface area contributed by atoms with E-state index in [-0.39, 0.29) is 11.9 Å². The average molecular weight is 710 g/mol. The Kier molecular flexibility index (Phi) is 20.6. The van der Waals surface area contributed by atoms with Gasteiger partial charge in [0, 0.05) is 42.5 Å². The van der Waals surface area contributed by atoms with Gasteiger partial charge in [0.1, 0.15) is 11.9 Å². The third kappa shape index (κ3) is 17.4. The summed E-state index contributed by atoms with van der Waals surface area (Å²) < 4.78 is 6.35. The van der Waals surface area contributed by atoms with Crippen LogP contribution in [0.4, 0.5) is 4.79 Å². The maximum atomic E-state index is 12.2. The number of thiol groups is 1. The van der Waals surface area contributed by atoms with Crippen LogP contribution in [0.3, 0.4) is 0 Å². The number of primary amides is 1. The summed E-state index contributed by atoms with van der Waals surface area (Å²) in [5, 5.41) is 3.96. The zero-order valence-electron chi connectivity index (χ0n) is 27.9. The minimum atomic E-state index is -1.05. The van der Waals surface area contributed by atoms with Gasteiger partial charge in [-0.15, -0.1) is 30.5 Å². The number of quaternary nitrogens is 1. The standard InChI is InChI=1S/C31H60N6O4S4/c1-4-5-12-19-37(24-29(35-36-37)45(3,42)43-2)20-13-6-8-17-30(39)41-21-14-7-11-18-33-28(38)16-10-9-15-27-22-26(25-44-27)23-34-31(32)40/h23,26-27,29,35-36H,4-22,24-25H2,1-3H3,(H3-,32,33,38,40,42)/p+1. The Morgan fingerprint density at radius 1 is 1.09 bits per heavy atom. The molecule has 0 aromatic heterocycles. The number of esters is 1. The van der Waals surface area contributed by atoms with Gasteiger partial charge in [-0.25, -0.2) is 14.4 Å². The van der Waals surface area contributed by atoms with E-state index in [0.717, 1.165) is 94.2 Å². The molecule has 0 aromatic carbocycles. The summed E-state index contributed by atoms with van der Waals surface area (Å²) in [7, 11) is 0.817. The number of nitrogens with one attached hydrogen (secondary N) is 3. The molecule has 0 aliphatic carbocycles. The molecule has 0 saturated carbocycles. The molecule has 2 rings (SSSR count). The Balaban J connectivity index is 1.44. The van der Waals surface area contributed by atoms with E-state index < -0.39 is 14.1 Å². The number of urea groups is 1. The number of rotatable bonds is 24. The van der Waals surface area contributed by atoms with Crippen LogP contribution in [0.1, 0.15) is 103 Å². The molecule has 2 heterocycles. The van der Waals surface area contributed by atoms with Gasteiger partial charge < -0.3 is 15.8 Å². The molecule has 262 valence electrons. The summed E-state index contributed by atoms with van der Waals surface area (Å²) in [5.74, 6) is 1.31. The number of hydrogen-bond acceptors (Lipinski definition) is 9. The number of unbranched alkanes of at least 4 members (excludes halogenated alkanes) is 7. The predicted molar refractivity (Wildman–Crippen MR) is 198 cm³/mol. The molecule has 2 aliphatic heterocycles. The van der Waals surface area contributed by atoms with Gasteiger partial charge in [0.25, 0.3) is 0 Å². The number of ether oxygens (including phenoxy) is 1. The summed E-state index contributed by atoms with van der Waals surface area (Å²) in [6.45, 7) is 6.62. The van der Waals surface area contributed by atoms with Crippen molar-refractivity contribution in [2.45, 2.75) is 114 Å². The number of aliphatic imine (C=N–C) groups is 1. The molecule has 2 aliphatic rings. The fraction of sp³-hybridized carbons (Fsp3) is 0.871. The van der Waals surface area contributed by atoms with Crippen molar-refractivity contribution in [3.8, 4) is 0 Å². The summed E-state index contributed by atoms with van der Waals surface area (Å²) in [6, 6.07) is -0.631. The molecular weight excluding hydrogens is 649 g/mol. The largest absolute Gasteiger partial charge is 0.466 e. The van der Waals surface area contributed by atoms with Gasteiger partial charge in [-0.1, -0.05) is 25.3 Å². The number of nitrogens with zero attached hydrogens (tertiary/aromatic N) is 2. The normalized spacial score (nSPS) is 25.3. The Morgan fingerprint density at radius 2 is 1.82 bits per heavy atom. The predicted octanol–water partition coefficient (Wildman–Crippen LogP) is 6.12. The van der Waals surface area contributed by atoms with Crippen LogP contribution in [-0.2, 0) is 14.3 Å². The van der Waals surface area contributed by atoms with Crippen molar-refractivity contribution < 1.29 is 23.7 Å². The second-order valence-electron chi connectivity index (χ2n) is 12.5. The van der Waals surface area contributed by atoms with Crippen LogP contribution < -0.4 is 22.0 Å². The van der Waals surface area contributed by atoms with E-state index in [2.05, 4.69) is 40.7 Å². The summed E-state index contributed by atoms with van der Waals surface area (Å²) in [5.41, 5.74) is 12.2. The highest BCUT2D eigenvalue weighted by atomic mass is 33.5. The SMILES string of the molecule is CCCCC[N+]1(CCCCCC(=O)OCCCCCNC(=O)CCCCC2CC(C=NC(N)=O)CS2)CC(S(C)(S)SC)NN1. The average Bonchev–Trinajstić information content (AvgIpc) is 3.66. The van der Waals surface area contributed by atoms with E-state index in [4.69, 9.17) is 22.1 Å². The number of carbonyl (C=O) groups is 3. The zero-order valence-corrected chi connectivity index (χ0v) is 31.3. The van der Waals surface area contributed by atoms with Crippen molar-refractivity contribution in [3.63, 3.8) is 0 Å². The first-order valence-corrected chi connectivity index (χ1v) is 22.9. The van der Waals surface area contributed by atoms with Gasteiger partial charge in [0.2, 0.25) is 5.91 Å². The molecule has 5 N–H and O–H groups in total.